The third kappa shape index (κ3) is 2.55. The number of amides is 2. The lowest BCUT2D eigenvalue weighted by atomic mass is 10.3. The van der Waals surface area contributed by atoms with Crippen LogP contribution in [0.3, 0.4) is 0 Å². The maximum absolute atomic E-state index is 11.0. The molecule has 0 aliphatic rings. The number of rotatable bonds is 3. The Kier molecular flexibility index (Phi) is 3.53. The molecule has 1 unspecified atom stereocenters. The van der Waals surface area contributed by atoms with Gasteiger partial charge in [0.05, 0.1) is 0 Å². The van der Waals surface area contributed by atoms with Crippen molar-refractivity contribution in [3.05, 3.63) is 0 Å². The van der Waals surface area contributed by atoms with Crippen LogP contribution in [0.2, 0.25) is 0 Å². The second-order valence-corrected chi connectivity index (χ2v) is 2.25. The Hall–Kier alpha value is -1.10. The molecule has 0 aliphatic carbocycles. The van der Waals surface area contributed by atoms with Crippen molar-refractivity contribution < 1.29 is 14.3 Å². The number of hydrogen-bond donors (Lipinski definition) is 1. The molecule has 0 rings (SSSR count). The van der Waals surface area contributed by atoms with Crippen LogP contribution in [0.15, 0.2) is 0 Å². The molecule has 5 nitrogen and oxygen atoms in total. The third-order valence-electron chi connectivity index (χ3n) is 1.16. The molecule has 64 valence electrons. The number of likely N-dealkylation sites (N-methyl/N-ethyl adjacent to an activating group) is 1. The number of methoxy groups -OCH3 is 1. The molecular formula is C6H12N2O3. The van der Waals surface area contributed by atoms with Crippen molar-refractivity contribution in [2.75, 3.05) is 21.2 Å². The zero-order chi connectivity index (χ0) is 9.02. The monoisotopic (exact) mass is 160 g/mol. The van der Waals surface area contributed by atoms with Gasteiger partial charge in [0.25, 0.3) is 11.8 Å². The van der Waals surface area contributed by atoms with Gasteiger partial charge in [-0.05, 0) is 0 Å². The van der Waals surface area contributed by atoms with Crippen LogP contribution in [0.5, 0.6) is 0 Å². The van der Waals surface area contributed by atoms with E-state index in [1.807, 2.05) is 0 Å². The smallest absolute Gasteiger partial charge is 0.260 e. The van der Waals surface area contributed by atoms with Crippen molar-refractivity contribution in [3.63, 3.8) is 0 Å². The Morgan fingerprint density at radius 1 is 1.45 bits per heavy atom. The lowest BCUT2D eigenvalue weighted by molar-refractivity contribution is -0.146. The molecule has 0 aromatic rings. The molecule has 2 N–H and O–H groups in total. The summed E-state index contributed by atoms with van der Waals surface area (Å²) in [5.41, 5.74) is 4.87. The average molecular weight is 160 g/mol. The molecule has 0 bridgehead atoms. The maximum Gasteiger partial charge on any atom is 0.260 e. The highest BCUT2D eigenvalue weighted by Gasteiger charge is 2.24. The summed E-state index contributed by atoms with van der Waals surface area (Å²) in [6.45, 7) is 0. The summed E-state index contributed by atoms with van der Waals surface area (Å²) in [6.07, 6.45) is -1.16. The average Bonchev–Trinajstić information content (AvgIpc) is 1.88. The quantitative estimate of drug-likeness (QED) is 0.515. The van der Waals surface area contributed by atoms with Gasteiger partial charge in [-0.25, -0.2) is 0 Å². The molecule has 0 radical (unpaired) electrons. The number of hydrogen-bond acceptors (Lipinski definition) is 3. The summed E-state index contributed by atoms with van der Waals surface area (Å²) < 4.78 is 4.57. The van der Waals surface area contributed by atoms with Crippen LogP contribution in [-0.4, -0.2) is 44.0 Å². The number of primary amides is 1. The van der Waals surface area contributed by atoms with Gasteiger partial charge < -0.3 is 15.4 Å². The van der Waals surface area contributed by atoms with Crippen molar-refractivity contribution in [3.8, 4) is 0 Å². The highest BCUT2D eigenvalue weighted by Crippen LogP contribution is 1.92. The van der Waals surface area contributed by atoms with Crippen molar-refractivity contribution in [2.45, 2.75) is 6.10 Å². The molecule has 0 heterocycles. The van der Waals surface area contributed by atoms with Crippen LogP contribution in [0, 0.1) is 0 Å². The van der Waals surface area contributed by atoms with Crippen LogP contribution in [0.25, 0.3) is 0 Å². The molecule has 2 amide bonds. The minimum Gasteiger partial charge on any atom is -0.367 e. The third-order valence-corrected chi connectivity index (χ3v) is 1.16. The number of nitrogens with two attached hydrogens (primary N) is 1. The second kappa shape index (κ2) is 3.92. The zero-order valence-electron chi connectivity index (χ0n) is 6.83. The Labute approximate surface area is 65.1 Å². The van der Waals surface area contributed by atoms with E-state index < -0.39 is 17.9 Å². The predicted molar refractivity (Wildman–Crippen MR) is 38.7 cm³/mol. The summed E-state index contributed by atoms with van der Waals surface area (Å²) in [5, 5.41) is 0. The molecule has 0 fully saturated rings. The molecule has 0 aromatic heterocycles. The minimum atomic E-state index is -1.16. The van der Waals surface area contributed by atoms with Crippen molar-refractivity contribution in [1.29, 1.82) is 0 Å². The van der Waals surface area contributed by atoms with Crippen LogP contribution in [0.1, 0.15) is 0 Å². The van der Waals surface area contributed by atoms with E-state index in [0.29, 0.717) is 0 Å². The zero-order valence-corrected chi connectivity index (χ0v) is 6.83. The Balaban J connectivity index is 4.27. The van der Waals surface area contributed by atoms with Crippen LogP contribution >= 0.6 is 0 Å². The summed E-state index contributed by atoms with van der Waals surface area (Å²) in [6, 6.07) is 0. The minimum absolute atomic E-state index is 0.444. The molecule has 11 heavy (non-hydrogen) atoms. The molecule has 0 spiro atoms. The molecule has 0 saturated heterocycles. The number of ether oxygens (including phenoxy) is 1. The standard InChI is InChI=1S/C6H12N2O3/c1-8(2)6(10)4(11-3)5(7)9/h4H,1-3H3,(H2,7,9). The Morgan fingerprint density at radius 3 is 2.00 bits per heavy atom. The fourth-order valence-corrected chi connectivity index (χ4v) is 0.573. The van der Waals surface area contributed by atoms with Gasteiger partial charge >= 0.3 is 0 Å². The van der Waals surface area contributed by atoms with Crippen LogP contribution in [0.4, 0.5) is 0 Å². The first-order valence-corrected chi connectivity index (χ1v) is 3.04. The normalized spacial score (nSPS) is 12.3. The van der Waals surface area contributed by atoms with Gasteiger partial charge in [0, 0.05) is 21.2 Å². The van der Waals surface area contributed by atoms with Crippen molar-refractivity contribution >= 4 is 11.8 Å². The second-order valence-electron chi connectivity index (χ2n) is 2.25. The van der Waals surface area contributed by atoms with E-state index in [2.05, 4.69) is 4.74 Å². The lowest BCUT2D eigenvalue weighted by Crippen LogP contribution is -2.43. The summed E-state index contributed by atoms with van der Waals surface area (Å²) in [5.74, 6) is -1.22. The van der Waals surface area contributed by atoms with Crippen LogP contribution in [-0.2, 0) is 14.3 Å². The molecule has 5 heteroatoms. The topological polar surface area (TPSA) is 72.6 Å². The number of carbonyl (C=O) groups is 2. The SMILES string of the molecule is COC(C(N)=O)C(=O)N(C)C. The summed E-state index contributed by atoms with van der Waals surface area (Å²) >= 11 is 0. The molecular weight excluding hydrogens is 148 g/mol. The van der Waals surface area contributed by atoms with E-state index in [0.717, 1.165) is 0 Å². The maximum atomic E-state index is 11.0. The van der Waals surface area contributed by atoms with E-state index >= 15 is 0 Å². The highest BCUT2D eigenvalue weighted by molar-refractivity contribution is 6.02. The van der Waals surface area contributed by atoms with Gasteiger partial charge in [-0.3, -0.25) is 9.59 Å². The van der Waals surface area contributed by atoms with Gasteiger partial charge in [-0.15, -0.1) is 0 Å². The van der Waals surface area contributed by atoms with E-state index in [1.165, 1.54) is 26.1 Å². The first-order chi connectivity index (χ1) is 5.00. The molecule has 0 aliphatic heterocycles. The van der Waals surface area contributed by atoms with Gasteiger partial charge in [-0.2, -0.15) is 0 Å². The summed E-state index contributed by atoms with van der Waals surface area (Å²) in [7, 11) is 4.31. The van der Waals surface area contributed by atoms with E-state index in [9.17, 15) is 9.59 Å². The van der Waals surface area contributed by atoms with Gasteiger partial charge in [0.1, 0.15) is 0 Å². The predicted octanol–water partition coefficient (Wildman–Crippen LogP) is -1.43. The number of carbonyl (C=O) groups excluding carboxylic acids is 2. The van der Waals surface area contributed by atoms with Crippen molar-refractivity contribution in [2.24, 2.45) is 5.73 Å². The first-order valence-electron chi connectivity index (χ1n) is 3.04. The number of nitrogens with zero attached hydrogens (tertiary/aromatic N) is 1. The Bertz CT molecular complexity index is 167. The highest BCUT2D eigenvalue weighted by atomic mass is 16.5. The largest absolute Gasteiger partial charge is 0.367 e. The van der Waals surface area contributed by atoms with E-state index in [-0.39, 0.29) is 0 Å². The van der Waals surface area contributed by atoms with Gasteiger partial charge in [0.15, 0.2) is 0 Å². The molecule has 0 saturated carbocycles. The van der Waals surface area contributed by atoms with E-state index in [4.69, 9.17) is 5.73 Å². The Morgan fingerprint density at radius 2 is 1.91 bits per heavy atom. The lowest BCUT2D eigenvalue weighted by Gasteiger charge is -2.15. The van der Waals surface area contributed by atoms with E-state index in [1.54, 1.807) is 0 Å². The molecule has 1 atom stereocenters. The summed E-state index contributed by atoms with van der Waals surface area (Å²) in [4.78, 5) is 22.8. The first kappa shape index (κ1) is 9.90. The van der Waals surface area contributed by atoms with Gasteiger partial charge in [-0.1, -0.05) is 0 Å². The fraction of sp³-hybridized carbons (Fsp3) is 0.667. The van der Waals surface area contributed by atoms with Crippen LogP contribution < -0.4 is 5.73 Å². The van der Waals surface area contributed by atoms with Gasteiger partial charge in [0.2, 0.25) is 6.10 Å². The fourth-order valence-electron chi connectivity index (χ4n) is 0.573. The molecule has 0 aromatic carbocycles. The van der Waals surface area contributed by atoms with Crippen molar-refractivity contribution in [1.82, 2.24) is 4.90 Å².